The van der Waals surface area contributed by atoms with Crippen LogP contribution < -0.4 is 0 Å². The molecule has 0 aliphatic carbocycles. The summed E-state index contributed by atoms with van der Waals surface area (Å²) in [5.74, 6) is 0. The lowest BCUT2D eigenvalue weighted by Gasteiger charge is -2.21. The summed E-state index contributed by atoms with van der Waals surface area (Å²) in [6, 6.07) is 6.28. The van der Waals surface area contributed by atoms with Crippen LogP contribution in [0.15, 0.2) is 41.8 Å². The molecular formula is C12H15NO3S. The molecule has 0 aliphatic heterocycles. The number of nitro benzene ring substituents is 1. The Hall–Kier alpha value is -1.33. The van der Waals surface area contributed by atoms with Gasteiger partial charge in [-0.15, -0.1) is 6.58 Å². The average Bonchev–Trinajstić information content (AvgIpc) is 2.27. The van der Waals surface area contributed by atoms with Gasteiger partial charge in [0.2, 0.25) is 0 Å². The molecule has 0 saturated carbocycles. The molecule has 0 radical (unpaired) electrons. The van der Waals surface area contributed by atoms with Crippen LogP contribution in [0.5, 0.6) is 0 Å². The minimum Gasteiger partial charge on any atom is -0.304 e. The molecule has 0 aliphatic rings. The van der Waals surface area contributed by atoms with Crippen LogP contribution in [0.1, 0.15) is 20.3 Å². The first-order valence-electron chi connectivity index (χ1n) is 5.16. The zero-order valence-electron chi connectivity index (χ0n) is 9.88. The standard InChI is InChI=1S/C12H15NO3S/c1-4-9-12(2,3)16-17-11-7-5-10(6-8-11)13(14)15/h4-8H,1,9H2,2-3H3. The van der Waals surface area contributed by atoms with Gasteiger partial charge < -0.3 is 4.18 Å². The highest BCUT2D eigenvalue weighted by atomic mass is 32.2. The lowest BCUT2D eigenvalue weighted by Crippen LogP contribution is -2.19. The summed E-state index contributed by atoms with van der Waals surface area (Å²) < 4.78 is 5.63. The number of benzene rings is 1. The second kappa shape index (κ2) is 5.84. The van der Waals surface area contributed by atoms with Crippen molar-refractivity contribution in [1.29, 1.82) is 0 Å². The molecule has 0 spiro atoms. The first kappa shape index (κ1) is 13.7. The minimum absolute atomic E-state index is 0.0831. The molecule has 0 fully saturated rings. The Balaban J connectivity index is 2.58. The molecule has 0 bridgehead atoms. The molecule has 0 unspecified atom stereocenters. The maximum Gasteiger partial charge on any atom is 0.269 e. The number of nitrogens with zero attached hydrogens (tertiary/aromatic N) is 1. The van der Waals surface area contributed by atoms with E-state index in [-0.39, 0.29) is 11.3 Å². The summed E-state index contributed by atoms with van der Waals surface area (Å²) in [7, 11) is 0. The topological polar surface area (TPSA) is 52.4 Å². The molecule has 92 valence electrons. The summed E-state index contributed by atoms with van der Waals surface area (Å²) in [5, 5.41) is 10.5. The van der Waals surface area contributed by atoms with Crippen LogP contribution >= 0.6 is 12.0 Å². The first-order valence-corrected chi connectivity index (χ1v) is 5.90. The Bertz CT molecular complexity index is 401. The smallest absolute Gasteiger partial charge is 0.269 e. The van der Waals surface area contributed by atoms with Crippen molar-refractivity contribution >= 4 is 17.7 Å². The number of non-ortho nitro benzene ring substituents is 1. The van der Waals surface area contributed by atoms with Crippen LogP contribution in [0, 0.1) is 10.1 Å². The fraction of sp³-hybridized carbons (Fsp3) is 0.333. The lowest BCUT2D eigenvalue weighted by atomic mass is 10.1. The minimum atomic E-state index is -0.420. The van der Waals surface area contributed by atoms with Crippen molar-refractivity contribution in [2.45, 2.75) is 30.8 Å². The highest BCUT2D eigenvalue weighted by molar-refractivity contribution is 7.94. The highest BCUT2D eigenvalue weighted by Gasteiger charge is 2.17. The molecule has 0 amide bonds. The van der Waals surface area contributed by atoms with Crippen molar-refractivity contribution < 1.29 is 9.11 Å². The van der Waals surface area contributed by atoms with E-state index < -0.39 is 4.92 Å². The van der Waals surface area contributed by atoms with Crippen molar-refractivity contribution in [1.82, 2.24) is 0 Å². The van der Waals surface area contributed by atoms with E-state index in [0.717, 1.165) is 11.3 Å². The van der Waals surface area contributed by atoms with Gasteiger partial charge in [0, 0.05) is 29.1 Å². The second-order valence-electron chi connectivity index (χ2n) is 4.17. The van der Waals surface area contributed by atoms with Gasteiger partial charge in [-0.2, -0.15) is 0 Å². The Morgan fingerprint density at radius 2 is 2.06 bits per heavy atom. The quantitative estimate of drug-likeness (QED) is 0.333. The molecule has 0 heterocycles. The van der Waals surface area contributed by atoms with Gasteiger partial charge in [0.15, 0.2) is 0 Å². The van der Waals surface area contributed by atoms with Crippen LogP contribution in [0.25, 0.3) is 0 Å². The summed E-state index contributed by atoms with van der Waals surface area (Å²) in [5.41, 5.74) is -0.214. The van der Waals surface area contributed by atoms with E-state index in [0.29, 0.717) is 0 Å². The maximum atomic E-state index is 10.5. The molecule has 1 aromatic carbocycles. The summed E-state index contributed by atoms with van der Waals surface area (Å²) in [4.78, 5) is 10.9. The third kappa shape index (κ3) is 4.58. The van der Waals surface area contributed by atoms with Gasteiger partial charge >= 0.3 is 0 Å². The van der Waals surface area contributed by atoms with Gasteiger partial charge in [0.1, 0.15) is 0 Å². The number of hydrogen-bond acceptors (Lipinski definition) is 4. The molecule has 1 rings (SSSR count). The first-order chi connectivity index (χ1) is 7.94. The van der Waals surface area contributed by atoms with Crippen LogP contribution in [0.2, 0.25) is 0 Å². The van der Waals surface area contributed by atoms with E-state index in [4.69, 9.17) is 4.18 Å². The van der Waals surface area contributed by atoms with E-state index in [1.54, 1.807) is 18.2 Å². The van der Waals surface area contributed by atoms with Crippen LogP contribution in [0.3, 0.4) is 0 Å². The zero-order chi connectivity index (χ0) is 12.9. The maximum absolute atomic E-state index is 10.5. The van der Waals surface area contributed by atoms with Crippen LogP contribution in [0.4, 0.5) is 5.69 Å². The van der Waals surface area contributed by atoms with E-state index in [1.807, 2.05) is 13.8 Å². The van der Waals surface area contributed by atoms with E-state index >= 15 is 0 Å². The van der Waals surface area contributed by atoms with E-state index in [1.165, 1.54) is 24.2 Å². The van der Waals surface area contributed by atoms with Crippen molar-refractivity contribution in [2.75, 3.05) is 0 Å². The molecule has 0 saturated heterocycles. The van der Waals surface area contributed by atoms with E-state index in [9.17, 15) is 10.1 Å². The third-order valence-electron chi connectivity index (χ3n) is 2.05. The normalized spacial score (nSPS) is 11.2. The lowest BCUT2D eigenvalue weighted by molar-refractivity contribution is -0.384. The molecule has 5 heteroatoms. The Kier molecular flexibility index (Phi) is 4.72. The van der Waals surface area contributed by atoms with Crippen LogP contribution in [-0.2, 0) is 4.18 Å². The molecule has 0 N–H and O–H groups in total. The fourth-order valence-corrected chi connectivity index (χ4v) is 1.80. The second-order valence-corrected chi connectivity index (χ2v) is 4.97. The van der Waals surface area contributed by atoms with E-state index in [2.05, 4.69) is 6.58 Å². The van der Waals surface area contributed by atoms with Gasteiger partial charge in [-0.25, -0.2) is 0 Å². The van der Waals surface area contributed by atoms with Gasteiger partial charge in [-0.3, -0.25) is 10.1 Å². The molecular weight excluding hydrogens is 238 g/mol. The van der Waals surface area contributed by atoms with Crippen molar-refractivity contribution in [3.63, 3.8) is 0 Å². The Morgan fingerprint density at radius 1 is 1.47 bits per heavy atom. The molecule has 0 aromatic heterocycles. The SMILES string of the molecule is C=CCC(C)(C)OSc1ccc([N+](=O)[O-])cc1. The zero-order valence-corrected chi connectivity index (χ0v) is 10.7. The Labute approximate surface area is 105 Å². The van der Waals surface area contributed by atoms with Crippen molar-refractivity contribution in [3.05, 3.63) is 47.0 Å². The molecule has 4 nitrogen and oxygen atoms in total. The predicted molar refractivity (Wildman–Crippen MR) is 68.9 cm³/mol. The molecule has 17 heavy (non-hydrogen) atoms. The Morgan fingerprint density at radius 3 is 2.53 bits per heavy atom. The highest BCUT2D eigenvalue weighted by Crippen LogP contribution is 2.29. The molecule has 0 atom stereocenters. The fourth-order valence-electron chi connectivity index (χ4n) is 1.17. The van der Waals surface area contributed by atoms with Gasteiger partial charge in [-0.1, -0.05) is 6.08 Å². The predicted octanol–water partition coefficient (Wildman–Crippen LogP) is 3.97. The number of hydrogen-bond donors (Lipinski definition) is 0. The molecule has 1 aromatic rings. The van der Waals surface area contributed by atoms with Crippen LogP contribution in [-0.4, -0.2) is 10.5 Å². The van der Waals surface area contributed by atoms with Crippen molar-refractivity contribution in [3.8, 4) is 0 Å². The van der Waals surface area contributed by atoms with Gasteiger partial charge in [0.25, 0.3) is 5.69 Å². The summed E-state index contributed by atoms with van der Waals surface area (Å²) in [6.07, 6.45) is 2.55. The third-order valence-corrected chi connectivity index (χ3v) is 3.05. The monoisotopic (exact) mass is 253 g/mol. The van der Waals surface area contributed by atoms with Gasteiger partial charge in [0.05, 0.1) is 10.5 Å². The average molecular weight is 253 g/mol. The number of nitro groups is 1. The van der Waals surface area contributed by atoms with Gasteiger partial charge in [-0.05, 0) is 32.4 Å². The van der Waals surface area contributed by atoms with Crippen molar-refractivity contribution in [2.24, 2.45) is 0 Å². The summed E-state index contributed by atoms with van der Waals surface area (Å²) in [6.45, 7) is 7.60. The summed E-state index contributed by atoms with van der Waals surface area (Å²) >= 11 is 1.22. The number of rotatable bonds is 6. The largest absolute Gasteiger partial charge is 0.304 e.